The van der Waals surface area contributed by atoms with E-state index in [9.17, 15) is 4.79 Å². The summed E-state index contributed by atoms with van der Waals surface area (Å²) in [6.45, 7) is 8.30. The molecule has 11 heteroatoms. The number of aromatic nitrogens is 3. The van der Waals surface area contributed by atoms with Gasteiger partial charge in [-0.1, -0.05) is 41.0 Å². The van der Waals surface area contributed by atoms with Gasteiger partial charge in [-0.25, -0.2) is 5.43 Å². The molecule has 0 fully saturated rings. The van der Waals surface area contributed by atoms with E-state index in [1.165, 1.54) is 11.1 Å². The quantitative estimate of drug-likeness (QED) is 0.149. The second-order valence-corrected chi connectivity index (χ2v) is 10.1. The molecule has 0 saturated heterocycles. The standard InChI is InChI=1S/C26H25Cl2N5O3S/c1-15-5-7-21(9-16(15)2)33-17(3)10-19(18(33)4)12-29-30-24(34)14-37-26-32-31-25(36-26)13-35-23-8-6-20(27)11-22(23)28/h5-12H,13-14H2,1-4H3,(H,30,34)/b29-12-. The Kier molecular flexibility index (Phi) is 8.58. The number of carbonyl (C=O) groups is 1. The van der Waals surface area contributed by atoms with Crippen LogP contribution in [0.3, 0.4) is 0 Å². The number of aryl methyl sites for hydroxylation is 3. The van der Waals surface area contributed by atoms with Crippen molar-refractivity contribution in [2.45, 2.75) is 39.5 Å². The lowest BCUT2D eigenvalue weighted by Gasteiger charge is -2.11. The maximum Gasteiger partial charge on any atom is 0.277 e. The van der Waals surface area contributed by atoms with Crippen molar-refractivity contribution in [1.82, 2.24) is 20.2 Å². The van der Waals surface area contributed by atoms with Gasteiger partial charge in [-0.05, 0) is 75.2 Å². The van der Waals surface area contributed by atoms with Crippen LogP contribution in [0, 0.1) is 27.7 Å². The lowest BCUT2D eigenvalue weighted by atomic mass is 10.1. The Morgan fingerprint density at radius 3 is 2.68 bits per heavy atom. The summed E-state index contributed by atoms with van der Waals surface area (Å²) in [6.07, 6.45) is 1.65. The Labute approximate surface area is 229 Å². The van der Waals surface area contributed by atoms with Crippen molar-refractivity contribution in [2.24, 2.45) is 5.10 Å². The highest BCUT2D eigenvalue weighted by Gasteiger charge is 2.12. The number of halogens is 2. The highest BCUT2D eigenvalue weighted by molar-refractivity contribution is 7.99. The highest BCUT2D eigenvalue weighted by atomic mass is 35.5. The molecular formula is C26H25Cl2N5O3S. The molecule has 2 aromatic heterocycles. The molecule has 1 N–H and O–H groups in total. The summed E-state index contributed by atoms with van der Waals surface area (Å²) in [5.74, 6) is 0.467. The summed E-state index contributed by atoms with van der Waals surface area (Å²) < 4.78 is 13.3. The normalized spacial score (nSPS) is 11.3. The van der Waals surface area contributed by atoms with Crippen LogP contribution in [0.4, 0.5) is 0 Å². The van der Waals surface area contributed by atoms with E-state index in [-0.39, 0.29) is 29.4 Å². The van der Waals surface area contributed by atoms with Gasteiger partial charge in [-0.15, -0.1) is 10.2 Å². The smallest absolute Gasteiger partial charge is 0.277 e. The minimum atomic E-state index is -0.298. The van der Waals surface area contributed by atoms with Gasteiger partial charge in [0.2, 0.25) is 0 Å². The van der Waals surface area contributed by atoms with Crippen LogP contribution < -0.4 is 10.2 Å². The van der Waals surface area contributed by atoms with Crippen molar-refractivity contribution in [2.75, 3.05) is 5.75 Å². The van der Waals surface area contributed by atoms with Crippen molar-refractivity contribution in [3.05, 3.63) is 86.5 Å². The number of hydrogen-bond acceptors (Lipinski definition) is 7. The maximum atomic E-state index is 12.2. The van der Waals surface area contributed by atoms with E-state index >= 15 is 0 Å². The zero-order valence-corrected chi connectivity index (χ0v) is 23.0. The fourth-order valence-electron chi connectivity index (χ4n) is 3.60. The van der Waals surface area contributed by atoms with E-state index in [1.807, 2.05) is 19.9 Å². The van der Waals surface area contributed by atoms with Crippen molar-refractivity contribution >= 4 is 47.1 Å². The van der Waals surface area contributed by atoms with Crippen LogP contribution in [-0.4, -0.2) is 32.6 Å². The SMILES string of the molecule is Cc1ccc(-n2c(C)cc(/C=N\NC(=O)CSc3nnc(COc4ccc(Cl)cc4Cl)o3)c2C)cc1C. The molecule has 2 aromatic carbocycles. The molecule has 0 unspecified atom stereocenters. The van der Waals surface area contributed by atoms with E-state index in [0.29, 0.717) is 15.8 Å². The van der Waals surface area contributed by atoms with Crippen LogP contribution in [0.2, 0.25) is 10.0 Å². The second-order valence-electron chi connectivity index (χ2n) is 8.34. The third-order valence-corrected chi connectivity index (χ3v) is 6.98. The molecule has 4 rings (SSSR count). The van der Waals surface area contributed by atoms with Crippen molar-refractivity contribution in [3.8, 4) is 11.4 Å². The number of hydrazone groups is 1. The summed E-state index contributed by atoms with van der Waals surface area (Å²) in [5.41, 5.74) is 9.16. The monoisotopic (exact) mass is 557 g/mol. The number of nitrogens with one attached hydrogen (secondary N) is 1. The molecule has 0 aliphatic carbocycles. The van der Waals surface area contributed by atoms with Crippen LogP contribution in [0.15, 0.2) is 57.2 Å². The molecule has 0 spiro atoms. The lowest BCUT2D eigenvalue weighted by molar-refractivity contribution is -0.118. The molecule has 0 bridgehead atoms. The number of hydrogen-bond donors (Lipinski definition) is 1. The zero-order valence-electron chi connectivity index (χ0n) is 20.7. The molecule has 192 valence electrons. The van der Waals surface area contributed by atoms with E-state index in [1.54, 1.807) is 24.4 Å². The van der Waals surface area contributed by atoms with Gasteiger partial charge >= 0.3 is 0 Å². The van der Waals surface area contributed by atoms with Gasteiger partial charge in [0, 0.05) is 27.7 Å². The maximum absolute atomic E-state index is 12.2. The van der Waals surface area contributed by atoms with Crippen LogP contribution in [-0.2, 0) is 11.4 Å². The summed E-state index contributed by atoms with van der Waals surface area (Å²) >= 11 is 13.1. The molecule has 0 saturated carbocycles. The number of rotatable bonds is 9. The van der Waals surface area contributed by atoms with E-state index < -0.39 is 0 Å². The van der Waals surface area contributed by atoms with E-state index in [0.717, 1.165) is 34.4 Å². The van der Waals surface area contributed by atoms with Gasteiger partial charge in [0.1, 0.15) is 5.75 Å². The lowest BCUT2D eigenvalue weighted by Crippen LogP contribution is -2.19. The first-order valence-corrected chi connectivity index (χ1v) is 13.1. The van der Waals surface area contributed by atoms with Crippen LogP contribution >= 0.6 is 35.0 Å². The van der Waals surface area contributed by atoms with Crippen LogP contribution in [0.5, 0.6) is 5.75 Å². The molecule has 37 heavy (non-hydrogen) atoms. The third kappa shape index (κ3) is 6.74. The van der Waals surface area contributed by atoms with Crippen molar-refractivity contribution in [3.63, 3.8) is 0 Å². The number of amides is 1. The van der Waals surface area contributed by atoms with Crippen LogP contribution in [0.25, 0.3) is 5.69 Å². The second kappa shape index (κ2) is 11.9. The molecule has 1 amide bonds. The number of ether oxygens (including phenoxy) is 1. The summed E-state index contributed by atoms with van der Waals surface area (Å²) in [5, 5.41) is 13.1. The summed E-state index contributed by atoms with van der Waals surface area (Å²) in [7, 11) is 0. The average Bonchev–Trinajstić information content (AvgIpc) is 3.42. The van der Waals surface area contributed by atoms with E-state index in [4.69, 9.17) is 32.4 Å². The Hall–Kier alpha value is -3.27. The Morgan fingerprint density at radius 2 is 1.92 bits per heavy atom. The molecule has 0 atom stereocenters. The number of carbonyl (C=O) groups excluding carboxylic acids is 1. The topological polar surface area (TPSA) is 94.5 Å². The number of benzene rings is 2. The van der Waals surface area contributed by atoms with Gasteiger partial charge in [-0.2, -0.15) is 5.10 Å². The van der Waals surface area contributed by atoms with Gasteiger partial charge < -0.3 is 13.7 Å². The zero-order chi connectivity index (χ0) is 26.5. The van der Waals surface area contributed by atoms with Gasteiger partial charge in [-0.3, -0.25) is 4.79 Å². The Balaban J connectivity index is 1.28. The first-order chi connectivity index (χ1) is 17.7. The number of thioether (sulfide) groups is 1. The first kappa shape index (κ1) is 26.8. The first-order valence-electron chi connectivity index (χ1n) is 11.3. The number of nitrogens with zero attached hydrogens (tertiary/aromatic N) is 4. The fraction of sp³-hybridized carbons (Fsp3) is 0.231. The molecule has 8 nitrogen and oxygen atoms in total. The van der Waals surface area contributed by atoms with Gasteiger partial charge in [0.05, 0.1) is 17.0 Å². The van der Waals surface area contributed by atoms with Gasteiger partial charge in [0.15, 0.2) is 6.61 Å². The molecule has 0 aliphatic heterocycles. The Morgan fingerprint density at radius 1 is 1.11 bits per heavy atom. The van der Waals surface area contributed by atoms with E-state index in [2.05, 4.69) is 57.3 Å². The van der Waals surface area contributed by atoms with Crippen molar-refractivity contribution < 1.29 is 13.9 Å². The summed E-state index contributed by atoms with van der Waals surface area (Å²) in [4.78, 5) is 12.2. The third-order valence-electron chi connectivity index (χ3n) is 5.63. The minimum Gasteiger partial charge on any atom is -0.482 e. The molecular weight excluding hydrogens is 533 g/mol. The van der Waals surface area contributed by atoms with Crippen molar-refractivity contribution in [1.29, 1.82) is 0 Å². The molecule has 4 aromatic rings. The molecule has 0 radical (unpaired) electrons. The fourth-order valence-corrected chi connectivity index (χ4v) is 4.64. The van der Waals surface area contributed by atoms with Crippen LogP contribution in [0.1, 0.15) is 34.0 Å². The predicted molar refractivity (Wildman–Crippen MR) is 146 cm³/mol. The summed E-state index contributed by atoms with van der Waals surface area (Å²) in [6, 6.07) is 13.3. The highest BCUT2D eigenvalue weighted by Crippen LogP contribution is 2.28. The Bertz CT molecular complexity index is 1460. The average molecular weight is 558 g/mol. The minimum absolute atomic E-state index is 0.0337. The molecule has 0 aliphatic rings. The molecule has 2 heterocycles. The predicted octanol–water partition coefficient (Wildman–Crippen LogP) is 6.22. The largest absolute Gasteiger partial charge is 0.482 e. The van der Waals surface area contributed by atoms with Gasteiger partial charge in [0.25, 0.3) is 17.0 Å².